The average molecular weight is 278 g/mol. The van der Waals surface area contributed by atoms with Crippen molar-refractivity contribution in [2.75, 3.05) is 5.73 Å². The van der Waals surface area contributed by atoms with Crippen molar-refractivity contribution in [3.63, 3.8) is 0 Å². The van der Waals surface area contributed by atoms with Crippen LogP contribution in [-0.4, -0.2) is 9.73 Å². The minimum Gasteiger partial charge on any atom is -0.399 e. The molecule has 1 heterocycles. The average Bonchev–Trinajstić information content (AvgIpc) is 2.75. The van der Waals surface area contributed by atoms with Crippen molar-refractivity contribution in [3.05, 3.63) is 34.7 Å². The second-order valence-corrected chi connectivity index (χ2v) is 7.89. The standard InChI is InChI=1S/C14H18N2S2/c1-14(2,3)18-9-13-16-12(8-17-13)10-4-6-11(15)7-5-10/h4-8H,9,15H2,1-3H3. The fourth-order valence-corrected chi connectivity index (χ4v) is 3.10. The molecule has 1 aromatic heterocycles. The zero-order valence-corrected chi connectivity index (χ0v) is 12.6. The zero-order chi connectivity index (χ0) is 13.2. The van der Waals surface area contributed by atoms with Gasteiger partial charge in [-0.2, -0.15) is 0 Å². The fraction of sp³-hybridized carbons (Fsp3) is 0.357. The first kappa shape index (κ1) is 13.4. The van der Waals surface area contributed by atoms with E-state index in [9.17, 15) is 0 Å². The quantitative estimate of drug-likeness (QED) is 0.844. The van der Waals surface area contributed by atoms with Crippen LogP contribution in [0.2, 0.25) is 0 Å². The molecule has 2 nitrogen and oxygen atoms in total. The van der Waals surface area contributed by atoms with Gasteiger partial charge in [-0.25, -0.2) is 4.98 Å². The normalized spacial score (nSPS) is 11.7. The van der Waals surface area contributed by atoms with Crippen LogP contribution in [0.15, 0.2) is 29.6 Å². The second-order valence-electron chi connectivity index (χ2n) is 5.15. The van der Waals surface area contributed by atoms with Gasteiger partial charge in [0, 0.05) is 27.1 Å². The maximum atomic E-state index is 5.68. The fourth-order valence-electron chi connectivity index (χ4n) is 1.44. The van der Waals surface area contributed by atoms with Gasteiger partial charge in [-0.05, 0) is 12.1 Å². The molecular formula is C14H18N2S2. The number of benzene rings is 1. The second kappa shape index (κ2) is 5.33. The highest BCUT2D eigenvalue weighted by Gasteiger charge is 2.12. The Bertz CT molecular complexity index is 509. The van der Waals surface area contributed by atoms with E-state index in [0.29, 0.717) is 0 Å². The third kappa shape index (κ3) is 3.75. The van der Waals surface area contributed by atoms with Crippen LogP contribution in [0, 0.1) is 0 Å². The highest BCUT2D eigenvalue weighted by molar-refractivity contribution is 7.99. The van der Waals surface area contributed by atoms with E-state index >= 15 is 0 Å². The van der Waals surface area contributed by atoms with Crippen LogP contribution in [-0.2, 0) is 5.75 Å². The lowest BCUT2D eigenvalue weighted by Gasteiger charge is -2.16. The molecular weight excluding hydrogens is 260 g/mol. The van der Waals surface area contributed by atoms with Crippen LogP contribution in [0.1, 0.15) is 25.8 Å². The largest absolute Gasteiger partial charge is 0.399 e. The SMILES string of the molecule is CC(C)(C)SCc1nc(-c2ccc(N)cc2)cs1. The molecule has 2 N–H and O–H groups in total. The van der Waals surface area contributed by atoms with E-state index in [1.54, 1.807) is 11.3 Å². The summed E-state index contributed by atoms with van der Waals surface area (Å²) in [4.78, 5) is 4.67. The molecule has 18 heavy (non-hydrogen) atoms. The van der Waals surface area contributed by atoms with Crippen molar-refractivity contribution >= 4 is 28.8 Å². The Balaban J connectivity index is 2.08. The van der Waals surface area contributed by atoms with Gasteiger partial charge in [0.2, 0.25) is 0 Å². The summed E-state index contributed by atoms with van der Waals surface area (Å²) in [5.41, 5.74) is 8.65. The molecule has 96 valence electrons. The van der Waals surface area contributed by atoms with Crippen molar-refractivity contribution in [2.45, 2.75) is 31.3 Å². The van der Waals surface area contributed by atoms with Crippen LogP contribution in [0.3, 0.4) is 0 Å². The first-order chi connectivity index (χ1) is 8.44. The number of nitrogens with two attached hydrogens (primary N) is 1. The molecule has 0 saturated carbocycles. The number of nitrogen functional groups attached to an aromatic ring is 1. The molecule has 0 radical (unpaired) electrons. The highest BCUT2D eigenvalue weighted by Crippen LogP contribution is 2.30. The number of nitrogens with zero attached hydrogens (tertiary/aromatic N) is 1. The minimum atomic E-state index is 0.285. The summed E-state index contributed by atoms with van der Waals surface area (Å²) in [7, 11) is 0. The summed E-state index contributed by atoms with van der Waals surface area (Å²) in [6.07, 6.45) is 0. The number of aromatic nitrogens is 1. The third-order valence-corrected chi connectivity index (χ3v) is 4.70. The molecule has 0 aliphatic carbocycles. The number of thioether (sulfide) groups is 1. The van der Waals surface area contributed by atoms with Crippen molar-refractivity contribution in [1.29, 1.82) is 0 Å². The molecule has 1 aromatic carbocycles. The monoisotopic (exact) mass is 278 g/mol. The van der Waals surface area contributed by atoms with E-state index in [0.717, 1.165) is 22.7 Å². The number of thiazole rings is 1. The Morgan fingerprint density at radius 2 is 1.89 bits per heavy atom. The van der Waals surface area contributed by atoms with Crippen LogP contribution in [0.25, 0.3) is 11.3 Å². The summed E-state index contributed by atoms with van der Waals surface area (Å²) < 4.78 is 0.285. The molecule has 2 rings (SSSR count). The first-order valence-electron chi connectivity index (χ1n) is 5.88. The van der Waals surface area contributed by atoms with Crippen molar-refractivity contribution < 1.29 is 0 Å². The molecule has 0 aliphatic rings. The Labute approximate surface area is 117 Å². The van der Waals surface area contributed by atoms with E-state index in [1.165, 1.54) is 5.01 Å². The van der Waals surface area contributed by atoms with Gasteiger partial charge >= 0.3 is 0 Å². The summed E-state index contributed by atoms with van der Waals surface area (Å²) in [6, 6.07) is 7.87. The predicted octanol–water partition coefficient (Wildman–Crippen LogP) is 4.42. The van der Waals surface area contributed by atoms with Gasteiger partial charge in [0.25, 0.3) is 0 Å². The van der Waals surface area contributed by atoms with Gasteiger partial charge in [-0.1, -0.05) is 32.9 Å². The lowest BCUT2D eigenvalue weighted by molar-refractivity contribution is 0.802. The number of anilines is 1. The lowest BCUT2D eigenvalue weighted by Crippen LogP contribution is -2.07. The number of hydrogen-bond acceptors (Lipinski definition) is 4. The molecule has 0 bridgehead atoms. The molecule has 0 saturated heterocycles. The first-order valence-corrected chi connectivity index (χ1v) is 7.75. The molecule has 0 amide bonds. The van der Waals surface area contributed by atoms with E-state index in [4.69, 9.17) is 5.73 Å². The Hall–Kier alpha value is -1.00. The van der Waals surface area contributed by atoms with Crippen molar-refractivity contribution in [1.82, 2.24) is 4.98 Å². The van der Waals surface area contributed by atoms with Crippen molar-refractivity contribution in [2.24, 2.45) is 0 Å². The summed E-state index contributed by atoms with van der Waals surface area (Å²) in [5.74, 6) is 0.975. The molecule has 4 heteroatoms. The van der Waals surface area contributed by atoms with E-state index < -0.39 is 0 Å². The molecule has 0 aliphatic heterocycles. The van der Waals surface area contributed by atoms with Crippen LogP contribution in [0.5, 0.6) is 0 Å². The van der Waals surface area contributed by atoms with Gasteiger partial charge < -0.3 is 5.73 Å². The van der Waals surface area contributed by atoms with E-state index in [2.05, 4.69) is 31.1 Å². The van der Waals surface area contributed by atoms with E-state index in [-0.39, 0.29) is 4.75 Å². The maximum absolute atomic E-state index is 5.68. The Kier molecular flexibility index (Phi) is 3.97. The number of rotatable bonds is 3. The molecule has 0 atom stereocenters. The minimum absolute atomic E-state index is 0.285. The van der Waals surface area contributed by atoms with Gasteiger partial charge in [-0.15, -0.1) is 23.1 Å². The van der Waals surface area contributed by atoms with Crippen LogP contribution >= 0.6 is 23.1 Å². The van der Waals surface area contributed by atoms with Gasteiger partial charge in [0.05, 0.1) is 5.69 Å². The predicted molar refractivity (Wildman–Crippen MR) is 83.0 cm³/mol. The summed E-state index contributed by atoms with van der Waals surface area (Å²) in [6.45, 7) is 6.68. The van der Waals surface area contributed by atoms with Gasteiger partial charge in [0.15, 0.2) is 0 Å². The molecule has 2 aromatic rings. The Morgan fingerprint density at radius 3 is 2.50 bits per heavy atom. The third-order valence-electron chi connectivity index (χ3n) is 2.39. The smallest absolute Gasteiger partial charge is 0.103 e. The van der Waals surface area contributed by atoms with E-state index in [1.807, 2.05) is 36.0 Å². The number of hydrogen-bond donors (Lipinski definition) is 1. The molecule has 0 spiro atoms. The Morgan fingerprint density at radius 1 is 1.22 bits per heavy atom. The highest BCUT2D eigenvalue weighted by atomic mass is 32.2. The summed E-state index contributed by atoms with van der Waals surface area (Å²) in [5, 5.41) is 3.30. The summed E-state index contributed by atoms with van der Waals surface area (Å²) >= 11 is 3.65. The van der Waals surface area contributed by atoms with Crippen LogP contribution in [0.4, 0.5) is 5.69 Å². The molecule has 0 fully saturated rings. The zero-order valence-electron chi connectivity index (χ0n) is 10.9. The molecule has 0 unspecified atom stereocenters. The van der Waals surface area contributed by atoms with Gasteiger partial charge in [-0.3, -0.25) is 0 Å². The van der Waals surface area contributed by atoms with Crippen molar-refractivity contribution in [3.8, 4) is 11.3 Å². The topological polar surface area (TPSA) is 38.9 Å². The lowest BCUT2D eigenvalue weighted by atomic mass is 10.1. The van der Waals surface area contributed by atoms with Gasteiger partial charge in [0.1, 0.15) is 5.01 Å². The maximum Gasteiger partial charge on any atom is 0.103 e. The van der Waals surface area contributed by atoms with Crippen LogP contribution < -0.4 is 5.73 Å².